The Morgan fingerprint density at radius 3 is 2.57 bits per heavy atom. The highest BCUT2D eigenvalue weighted by Crippen LogP contribution is 2.38. The average Bonchev–Trinajstić information content (AvgIpc) is 3.26. The number of para-hydroxylation sites is 1. The fourth-order valence-corrected chi connectivity index (χ4v) is 4.23. The van der Waals surface area contributed by atoms with E-state index in [2.05, 4.69) is 11.4 Å². The number of pyridine rings is 1. The summed E-state index contributed by atoms with van der Waals surface area (Å²) in [5.74, 6) is 0.806. The van der Waals surface area contributed by atoms with Crippen LogP contribution < -0.4 is 14.8 Å². The molecule has 0 aliphatic heterocycles. The van der Waals surface area contributed by atoms with Crippen molar-refractivity contribution in [2.75, 3.05) is 27.4 Å². The van der Waals surface area contributed by atoms with Crippen molar-refractivity contribution in [2.24, 2.45) is 5.92 Å². The monoisotopic (exact) mass is 474 g/mol. The van der Waals surface area contributed by atoms with Gasteiger partial charge in [0.2, 0.25) is 0 Å². The lowest BCUT2D eigenvalue weighted by Crippen LogP contribution is -2.31. The second-order valence-corrected chi connectivity index (χ2v) is 8.89. The van der Waals surface area contributed by atoms with E-state index in [9.17, 15) is 9.59 Å². The van der Waals surface area contributed by atoms with Gasteiger partial charge in [0.1, 0.15) is 0 Å². The number of amides is 1. The van der Waals surface area contributed by atoms with Gasteiger partial charge in [0.15, 0.2) is 18.1 Å². The van der Waals surface area contributed by atoms with Crippen molar-refractivity contribution in [2.45, 2.75) is 26.7 Å². The van der Waals surface area contributed by atoms with Gasteiger partial charge in [0.05, 0.1) is 31.0 Å². The third kappa shape index (κ3) is 5.29. The van der Waals surface area contributed by atoms with Crippen LogP contribution in [0.5, 0.6) is 11.5 Å². The molecule has 0 spiro atoms. The van der Waals surface area contributed by atoms with E-state index in [1.165, 1.54) is 0 Å². The number of benzene rings is 2. The third-order valence-electron chi connectivity index (χ3n) is 5.94. The molecule has 0 atom stereocenters. The highest BCUT2D eigenvalue weighted by molar-refractivity contribution is 6.07. The number of carbonyl (C=O) groups excluding carboxylic acids is 2. The normalized spacial score (nSPS) is 13.7. The SMILES string of the molecule is COc1ccc(/C=C2\CCc3c2nc2ccccc2c3C(=O)OCC(=O)NCC(C)C)cc1OC. The van der Waals surface area contributed by atoms with Gasteiger partial charge in [-0.25, -0.2) is 9.78 Å². The number of ether oxygens (including phenoxy) is 3. The minimum atomic E-state index is -0.507. The highest BCUT2D eigenvalue weighted by Gasteiger charge is 2.28. The summed E-state index contributed by atoms with van der Waals surface area (Å²) in [5.41, 5.74) is 4.81. The molecule has 1 heterocycles. The molecule has 2 aromatic carbocycles. The zero-order valence-corrected chi connectivity index (χ0v) is 20.5. The van der Waals surface area contributed by atoms with Crippen molar-refractivity contribution in [3.63, 3.8) is 0 Å². The van der Waals surface area contributed by atoms with Crippen LogP contribution in [0.2, 0.25) is 0 Å². The maximum atomic E-state index is 13.2. The minimum Gasteiger partial charge on any atom is -0.493 e. The molecule has 0 radical (unpaired) electrons. The summed E-state index contributed by atoms with van der Waals surface area (Å²) in [6.07, 6.45) is 3.46. The van der Waals surface area contributed by atoms with Crippen LogP contribution >= 0.6 is 0 Å². The summed E-state index contributed by atoms with van der Waals surface area (Å²) in [7, 11) is 3.21. The molecule has 182 valence electrons. The van der Waals surface area contributed by atoms with Crippen LogP contribution in [0, 0.1) is 5.92 Å². The van der Waals surface area contributed by atoms with Gasteiger partial charge in [-0.05, 0) is 59.7 Å². The van der Waals surface area contributed by atoms with E-state index in [0.29, 0.717) is 41.5 Å². The van der Waals surface area contributed by atoms with Gasteiger partial charge in [-0.15, -0.1) is 0 Å². The number of aromatic nitrogens is 1. The molecule has 4 rings (SSSR count). The molecule has 35 heavy (non-hydrogen) atoms. The van der Waals surface area contributed by atoms with Crippen molar-refractivity contribution < 1.29 is 23.8 Å². The number of rotatable bonds is 8. The number of hydrogen-bond donors (Lipinski definition) is 1. The molecule has 7 nitrogen and oxygen atoms in total. The Hall–Kier alpha value is -3.87. The van der Waals surface area contributed by atoms with Crippen molar-refractivity contribution >= 4 is 34.4 Å². The van der Waals surface area contributed by atoms with Gasteiger partial charge in [-0.1, -0.05) is 38.1 Å². The van der Waals surface area contributed by atoms with E-state index in [-0.39, 0.29) is 12.5 Å². The predicted octanol–water partition coefficient (Wildman–Crippen LogP) is 4.67. The summed E-state index contributed by atoms with van der Waals surface area (Å²) in [6.45, 7) is 4.23. The molecule has 7 heteroatoms. The first-order valence-corrected chi connectivity index (χ1v) is 11.7. The van der Waals surface area contributed by atoms with Crippen LogP contribution in [0.4, 0.5) is 0 Å². The zero-order valence-electron chi connectivity index (χ0n) is 20.5. The smallest absolute Gasteiger partial charge is 0.339 e. The second-order valence-electron chi connectivity index (χ2n) is 8.89. The molecule has 0 bridgehead atoms. The summed E-state index contributed by atoms with van der Waals surface area (Å²) in [6, 6.07) is 13.2. The lowest BCUT2D eigenvalue weighted by atomic mass is 10.0. The Balaban J connectivity index is 1.68. The molecule has 1 aromatic heterocycles. The van der Waals surface area contributed by atoms with Crippen LogP contribution in [0.25, 0.3) is 22.6 Å². The van der Waals surface area contributed by atoms with Crippen molar-refractivity contribution in [1.82, 2.24) is 10.3 Å². The zero-order chi connectivity index (χ0) is 24.9. The molecule has 3 aromatic rings. The maximum absolute atomic E-state index is 13.2. The molecule has 0 saturated carbocycles. The number of esters is 1. The predicted molar refractivity (Wildman–Crippen MR) is 136 cm³/mol. The molecule has 1 N–H and O–H groups in total. The number of methoxy groups -OCH3 is 2. The molecule has 1 aliphatic rings. The number of allylic oxidation sites excluding steroid dienone is 1. The maximum Gasteiger partial charge on any atom is 0.339 e. The number of fused-ring (bicyclic) bond motifs is 2. The Bertz CT molecular complexity index is 1300. The Labute approximate surface area is 205 Å². The molecule has 0 saturated heterocycles. The molecule has 1 amide bonds. The highest BCUT2D eigenvalue weighted by atomic mass is 16.5. The lowest BCUT2D eigenvalue weighted by Gasteiger charge is -2.13. The Morgan fingerprint density at radius 2 is 1.83 bits per heavy atom. The lowest BCUT2D eigenvalue weighted by molar-refractivity contribution is -0.124. The average molecular weight is 475 g/mol. The van der Waals surface area contributed by atoms with Gasteiger partial charge in [-0.2, -0.15) is 0 Å². The van der Waals surface area contributed by atoms with Crippen LogP contribution in [0.3, 0.4) is 0 Å². The molecule has 0 unspecified atom stereocenters. The van der Waals surface area contributed by atoms with E-state index in [4.69, 9.17) is 19.2 Å². The van der Waals surface area contributed by atoms with Crippen LogP contribution in [0.1, 0.15) is 47.4 Å². The van der Waals surface area contributed by atoms with Crippen molar-refractivity contribution in [3.8, 4) is 11.5 Å². The van der Waals surface area contributed by atoms with Crippen LogP contribution in [-0.2, 0) is 16.0 Å². The Kier molecular flexibility index (Phi) is 7.34. The van der Waals surface area contributed by atoms with E-state index >= 15 is 0 Å². The molecular weight excluding hydrogens is 444 g/mol. The summed E-state index contributed by atoms with van der Waals surface area (Å²) < 4.78 is 16.2. The topological polar surface area (TPSA) is 86.8 Å². The molecule has 0 fully saturated rings. The van der Waals surface area contributed by atoms with Crippen molar-refractivity contribution in [3.05, 3.63) is 64.8 Å². The van der Waals surface area contributed by atoms with E-state index in [1.807, 2.05) is 56.3 Å². The number of nitrogens with zero attached hydrogens (tertiary/aromatic N) is 1. The minimum absolute atomic E-state index is 0.309. The fourth-order valence-electron chi connectivity index (χ4n) is 4.23. The first-order valence-electron chi connectivity index (χ1n) is 11.7. The van der Waals surface area contributed by atoms with E-state index in [1.54, 1.807) is 14.2 Å². The van der Waals surface area contributed by atoms with Crippen LogP contribution in [-0.4, -0.2) is 44.2 Å². The summed E-state index contributed by atoms with van der Waals surface area (Å²) in [4.78, 5) is 30.2. The number of hydrogen-bond acceptors (Lipinski definition) is 6. The Morgan fingerprint density at radius 1 is 1.06 bits per heavy atom. The van der Waals surface area contributed by atoms with Gasteiger partial charge in [-0.3, -0.25) is 4.79 Å². The van der Waals surface area contributed by atoms with E-state index < -0.39 is 5.97 Å². The van der Waals surface area contributed by atoms with Gasteiger partial charge < -0.3 is 19.5 Å². The molecule has 1 aliphatic carbocycles. The van der Waals surface area contributed by atoms with Gasteiger partial charge in [0, 0.05) is 11.9 Å². The van der Waals surface area contributed by atoms with Gasteiger partial charge in [0.25, 0.3) is 5.91 Å². The summed E-state index contributed by atoms with van der Waals surface area (Å²) in [5, 5.41) is 3.50. The number of nitrogens with one attached hydrogen (secondary N) is 1. The standard InChI is InChI=1S/C28H30N2O5/c1-17(2)15-29-25(31)16-35-28(32)26-20-7-5-6-8-22(20)30-27-19(10-11-21(26)27)13-18-9-12-23(33-3)24(14-18)34-4/h5-9,12-14,17H,10-11,15-16H2,1-4H3,(H,29,31)/b19-13+. The number of carbonyl (C=O) groups is 2. The second kappa shape index (κ2) is 10.6. The molecular formula is C28H30N2O5. The largest absolute Gasteiger partial charge is 0.493 e. The summed E-state index contributed by atoms with van der Waals surface area (Å²) >= 11 is 0. The first-order chi connectivity index (χ1) is 16.9. The van der Waals surface area contributed by atoms with Gasteiger partial charge >= 0.3 is 5.97 Å². The van der Waals surface area contributed by atoms with Crippen LogP contribution in [0.15, 0.2) is 42.5 Å². The quantitative estimate of drug-likeness (QED) is 0.478. The van der Waals surface area contributed by atoms with E-state index in [0.717, 1.165) is 34.2 Å². The third-order valence-corrected chi connectivity index (χ3v) is 5.94. The van der Waals surface area contributed by atoms with Crippen molar-refractivity contribution in [1.29, 1.82) is 0 Å². The fraction of sp³-hybridized carbons (Fsp3) is 0.321. The first kappa shape index (κ1) is 24.3.